The van der Waals surface area contributed by atoms with Gasteiger partial charge in [0.15, 0.2) is 0 Å². The minimum Gasteiger partial charge on any atom is -0.368 e. The zero-order valence-corrected chi connectivity index (χ0v) is 13.1. The summed E-state index contributed by atoms with van der Waals surface area (Å²) in [4.78, 5) is 2.03. The fourth-order valence-corrected chi connectivity index (χ4v) is 2.83. The molecule has 0 aromatic heterocycles. The highest BCUT2D eigenvalue weighted by molar-refractivity contribution is 7.98. The molecule has 2 N–H and O–H groups in total. The first-order valence-corrected chi connectivity index (χ1v) is 8.15. The standard InChI is InChI=1S/C15H25FN2S/c1-5-13(17)9-12-7-6-8-14(16)15(12)18(3)11(2)10-19-4/h6-8,11,13H,5,9-10,17H2,1-4H3. The van der Waals surface area contributed by atoms with Crippen LogP contribution in [0.25, 0.3) is 0 Å². The van der Waals surface area contributed by atoms with E-state index in [2.05, 4.69) is 20.1 Å². The van der Waals surface area contributed by atoms with Gasteiger partial charge in [0.25, 0.3) is 0 Å². The number of anilines is 1. The van der Waals surface area contributed by atoms with Gasteiger partial charge in [0.2, 0.25) is 0 Å². The molecule has 4 heteroatoms. The Balaban J connectivity index is 3.03. The SMILES string of the molecule is CCC(N)Cc1cccc(F)c1N(C)C(C)CSC. The molecule has 2 nitrogen and oxygen atoms in total. The van der Waals surface area contributed by atoms with Gasteiger partial charge in [-0.3, -0.25) is 0 Å². The van der Waals surface area contributed by atoms with Crippen LogP contribution in [-0.4, -0.2) is 31.1 Å². The topological polar surface area (TPSA) is 29.3 Å². The van der Waals surface area contributed by atoms with Gasteiger partial charge in [-0.05, 0) is 37.7 Å². The van der Waals surface area contributed by atoms with Crippen molar-refractivity contribution >= 4 is 17.4 Å². The van der Waals surface area contributed by atoms with Crippen molar-refractivity contribution in [2.75, 3.05) is 24.0 Å². The number of rotatable bonds is 7. The van der Waals surface area contributed by atoms with Crippen LogP contribution in [0.15, 0.2) is 18.2 Å². The maximum atomic E-state index is 14.2. The predicted octanol–water partition coefficient (Wildman–Crippen LogP) is 3.29. The summed E-state index contributed by atoms with van der Waals surface area (Å²) in [6.45, 7) is 4.18. The van der Waals surface area contributed by atoms with Crippen LogP contribution in [0.4, 0.5) is 10.1 Å². The predicted molar refractivity (Wildman–Crippen MR) is 84.6 cm³/mol. The van der Waals surface area contributed by atoms with Crippen LogP contribution in [-0.2, 0) is 6.42 Å². The highest BCUT2D eigenvalue weighted by Crippen LogP contribution is 2.27. The molecule has 0 fully saturated rings. The van der Waals surface area contributed by atoms with Crippen molar-refractivity contribution in [2.45, 2.75) is 38.8 Å². The molecular formula is C15H25FN2S. The van der Waals surface area contributed by atoms with E-state index in [1.54, 1.807) is 17.8 Å². The van der Waals surface area contributed by atoms with E-state index in [0.29, 0.717) is 11.7 Å². The monoisotopic (exact) mass is 284 g/mol. The van der Waals surface area contributed by atoms with Gasteiger partial charge in [-0.2, -0.15) is 11.8 Å². The molecule has 0 saturated heterocycles. The summed E-state index contributed by atoms with van der Waals surface area (Å²) in [6.07, 6.45) is 3.69. The lowest BCUT2D eigenvalue weighted by Gasteiger charge is -2.29. The largest absolute Gasteiger partial charge is 0.368 e. The van der Waals surface area contributed by atoms with Crippen molar-refractivity contribution < 1.29 is 4.39 Å². The van der Waals surface area contributed by atoms with Gasteiger partial charge in [0.1, 0.15) is 5.82 Å². The number of nitrogens with zero attached hydrogens (tertiary/aromatic N) is 1. The summed E-state index contributed by atoms with van der Waals surface area (Å²) in [6, 6.07) is 5.66. The molecule has 1 aromatic carbocycles. The van der Waals surface area contributed by atoms with E-state index in [1.807, 2.05) is 18.0 Å². The molecule has 1 aromatic rings. The Hall–Kier alpha value is -0.740. The molecule has 0 aliphatic rings. The third-order valence-corrected chi connectivity index (χ3v) is 4.31. The second-order valence-corrected chi connectivity index (χ2v) is 5.95. The maximum absolute atomic E-state index is 14.2. The van der Waals surface area contributed by atoms with E-state index < -0.39 is 0 Å². The van der Waals surface area contributed by atoms with Crippen LogP contribution < -0.4 is 10.6 Å². The zero-order chi connectivity index (χ0) is 14.4. The first-order valence-electron chi connectivity index (χ1n) is 6.76. The Kier molecular flexibility index (Phi) is 6.66. The molecule has 19 heavy (non-hydrogen) atoms. The molecule has 0 radical (unpaired) electrons. The summed E-state index contributed by atoms with van der Waals surface area (Å²) in [5, 5.41) is 0. The van der Waals surface area contributed by atoms with E-state index in [4.69, 9.17) is 5.73 Å². The van der Waals surface area contributed by atoms with E-state index in [9.17, 15) is 4.39 Å². The zero-order valence-electron chi connectivity index (χ0n) is 12.3. The molecule has 0 amide bonds. The number of nitrogens with two attached hydrogens (primary N) is 1. The number of hydrogen-bond donors (Lipinski definition) is 1. The van der Waals surface area contributed by atoms with Crippen LogP contribution in [0.2, 0.25) is 0 Å². The highest BCUT2D eigenvalue weighted by Gasteiger charge is 2.18. The molecule has 0 spiro atoms. The van der Waals surface area contributed by atoms with Gasteiger partial charge >= 0.3 is 0 Å². The maximum Gasteiger partial charge on any atom is 0.146 e. The first kappa shape index (κ1) is 16.3. The minimum absolute atomic E-state index is 0.0878. The van der Waals surface area contributed by atoms with Gasteiger partial charge in [0, 0.05) is 24.9 Å². The molecule has 108 valence electrons. The van der Waals surface area contributed by atoms with Crippen LogP contribution in [0.5, 0.6) is 0 Å². The molecule has 2 atom stereocenters. The van der Waals surface area contributed by atoms with Crippen LogP contribution in [0, 0.1) is 5.82 Å². The normalized spacial score (nSPS) is 14.2. The van der Waals surface area contributed by atoms with Crippen molar-refractivity contribution in [3.8, 4) is 0 Å². The van der Waals surface area contributed by atoms with Gasteiger partial charge in [-0.15, -0.1) is 0 Å². The quantitative estimate of drug-likeness (QED) is 0.833. The average molecular weight is 284 g/mol. The Labute approximate surface area is 120 Å². The van der Waals surface area contributed by atoms with Crippen molar-refractivity contribution in [2.24, 2.45) is 5.73 Å². The Morgan fingerprint density at radius 2 is 2.11 bits per heavy atom. The van der Waals surface area contributed by atoms with Crippen molar-refractivity contribution in [1.82, 2.24) is 0 Å². The second kappa shape index (κ2) is 7.75. The molecule has 0 aliphatic heterocycles. The average Bonchev–Trinajstić information content (AvgIpc) is 2.38. The molecule has 0 heterocycles. The molecule has 1 rings (SSSR count). The van der Waals surface area contributed by atoms with Gasteiger partial charge in [-0.25, -0.2) is 4.39 Å². The summed E-state index contributed by atoms with van der Waals surface area (Å²) >= 11 is 1.77. The van der Waals surface area contributed by atoms with E-state index in [-0.39, 0.29) is 11.9 Å². The van der Waals surface area contributed by atoms with Gasteiger partial charge in [-0.1, -0.05) is 19.1 Å². The van der Waals surface area contributed by atoms with E-state index in [1.165, 1.54) is 6.07 Å². The van der Waals surface area contributed by atoms with E-state index >= 15 is 0 Å². The van der Waals surface area contributed by atoms with Crippen LogP contribution in [0.3, 0.4) is 0 Å². The van der Waals surface area contributed by atoms with Crippen LogP contribution in [0.1, 0.15) is 25.8 Å². The molecule has 2 unspecified atom stereocenters. The summed E-state index contributed by atoms with van der Waals surface area (Å²) in [5.41, 5.74) is 7.72. The summed E-state index contributed by atoms with van der Waals surface area (Å²) in [5.74, 6) is 0.820. The van der Waals surface area contributed by atoms with E-state index in [0.717, 1.165) is 24.2 Å². The Morgan fingerprint density at radius 3 is 2.68 bits per heavy atom. The lowest BCUT2D eigenvalue weighted by atomic mass is 10.0. The second-order valence-electron chi connectivity index (χ2n) is 5.04. The number of para-hydroxylation sites is 1. The number of hydrogen-bond acceptors (Lipinski definition) is 3. The van der Waals surface area contributed by atoms with Gasteiger partial charge < -0.3 is 10.6 Å². The first-order chi connectivity index (χ1) is 9.01. The highest BCUT2D eigenvalue weighted by atomic mass is 32.2. The molecule has 0 saturated carbocycles. The van der Waals surface area contributed by atoms with Gasteiger partial charge in [0.05, 0.1) is 5.69 Å². The molecule has 0 aliphatic carbocycles. The minimum atomic E-state index is -0.156. The number of thioether (sulfide) groups is 1. The fraction of sp³-hybridized carbons (Fsp3) is 0.600. The molecule has 0 bridgehead atoms. The Morgan fingerprint density at radius 1 is 1.42 bits per heavy atom. The van der Waals surface area contributed by atoms with Crippen LogP contribution >= 0.6 is 11.8 Å². The van der Waals surface area contributed by atoms with Crippen molar-refractivity contribution in [3.05, 3.63) is 29.6 Å². The lowest BCUT2D eigenvalue weighted by Crippen LogP contribution is -2.33. The fourth-order valence-electron chi connectivity index (χ4n) is 2.12. The number of halogens is 1. The number of benzene rings is 1. The Bertz CT molecular complexity index is 398. The molecular weight excluding hydrogens is 259 g/mol. The summed E-state index contributed by atoms with van der Waals surface area (Å²) < 4.78 is 14.2. The third kappa shape index (κ3) is 4.39. The third-order valence-electron chi connectivity index (χ3n) is 3.50. The van der Waals surface area contributed by atoms with Crippen molar-refractivity contribution in [3.63, 3.8) is 0 Å². The van der Waals surface area contributed by atoms with Crippen molar-refractivity contribution in [1.29, 1.82) is 0 Å². The smallest absolute Gasteiger partial charge is 0.146 e. The lowest BCUT2D eigenvalue weighted by molar-refractivity contribution is 0.601. The summed E-state index contributed by atoms with van der Waals surface area (Å²) in [7, 11) is 1.96.